The minimum Gasteiger partial charge on any atom is -0.375 e. The lowest BCUT2D eigenvalue weighted by Crippen LogP contribution is -2.14. The molecule has 2 aromatic rings. The Balaban J connectivity index is 1.97. The average molecular weight is 306 g/mol. The number of methoxy groups -OCH3 is 1. The highest BCUT2D eigenvalue weighted by Crippen LogP contribution is 2.32. The van der Waals surface area contributed by atoms with Crippen LogP contribution in [0.3, 0.4) is 0 Å². The highest BCUT2D eigenvalue weighted by molar-refractivity contribution is 5.24. The lowest BCUT2D eigenvalue weighted by molar-refractivity contribution is 0.112. The quantitative estimate of drug-likeness (QED) is 0.857. The van der Waals surface area contributed by atoms with E-state index in [9.17, 15) is 8.78 Å². The molecule has 1 unspecified atom stereocenters. The first kappa shape index (κ1) is 15.2. The van der Waals surface area contributed by atoms with E-state index in [0.29, 0.717) is 12.1 Å². The molecule has 3 rings (SSSR count). The number of halogens is 2. The maximum Gasteiger partial charge on any atom is 0.162 e. The molecule has 0 radical (unpaired) electrons. The second kappa shape index (κ2) is 6.16. The molecule has 0 saturated heterocycles. The number of imidazole rings is 1. The molecule has 2 heterocycles. The summed E-state index contributed by atoms with van der Waals surface area (Å²) in [5.74, 6) is -0.553. The maximum absolute atomic E-state index is 14.1. The summed E-state index contributed by atoms with van der Waals surface area (Å²) in [6.45, 7) is 2.58. The summed E-state index contributed by atoms with van der Waals surface area (Å²) in [6.07, 6.45) is 4.35. The zero-order valence-electron chi connectivity index (χ0n) is 12.9. The number of aryl methyl sites for hydroxylation is 1. The van der Waals surface area contributed by atoms with Crippen molar-refractivity contribution >= 4 is 0 Å². The van der Waals surface area contributed by atoms with Crippen LogP contribution in [-0.4, -0.2) is 16.7 Å². The Morgan fingerprint density at radius 2 is 2.18 bits per heavy atom. The van der Waals surface area contributed by atoms with Crippen molar-refractivity contribution in [3.63, 3.8) is 0 Å². The smallest absolute Gasteiger partial charge is 0.162 e. The standard InChI is InChI=1S/C17H20F2N2O/c1-11(22-2)15-9-20-16-8-3-5-12(10-21(15)16)13-6-4-7-14(18)17(13)19/h4,6-7,9,11-12H,3,5,8,10H2,1-2H3/t11?,12-/m1/s1. The van der Waals surface area contributed by atoms with Crippen molar-refractivity contribution in [2.75, 3.05) is 7.11 Å². The molecule has 5 heteroatoms. The van der Waals surface area contributed by atoms with Gasteiger partial charge in [-0.1, -0.05) is 12.1 Å². The Morgan fingerprint density at radius 3 is 2.95 bits per heavy atom. The van der Waals surface area contributed by atoms with Crippen molar-refractivity contribution in [3.05, 3.63) is 53.1 Å². The van der Waals surface area contributed by atoms with Gasteiger partial charge < -0.3 is 9.30 Å². The topological polar surface area (TPSA) is 27.1 Å². The molecule has 1 aromatic heterocycles. The van der Waals surface area contributed by atoms with Gasteiger partial charge in [0.25, 0.3) is 0 Å². The third-order valence-electron chi connectivity index (χ3n) is 4.52. The molecule has 1 aliphatic rings. The van der Waals surface area contributed by atoms with Crippen LogP contribution in [0.25, 0.3) is 0 Å². The van der Waals surface area contributed by atoms with Crippen LogP contribution < -0.4 is 0 Å². The first-order valence-corrected chi connectivity index (χ1v) is 7.62. The number of aromatic nitrogens is 2. The zero-order chi connectivity index (χ0) is 15.7. The fraction of sp³-hybridized carbons (Fsp3) is 0.471. The van der Waals surface area contributed by atoms with Gasteiger partial charge in [-0.3, -0.25) is 0 Å². The van der Waals surface area contributed by atoms with Crippen LogP contribution in [0.2, 0.25) is 0 Å². The molecule has 0 N–H and O–H groups in total. The molecule has 3 nitrogen and oxygen atoms in total. The summed E-state index contributed by atoms with van der Waals surface area (Å²) in [5, 5.41) is 0. The second-order valence-electron chi connectivity index (χ2n) is 5.82. The Hall–Kier alpha value is -1.75. The Labute approximate surface area is 128 Å². The van der Waals surface area contributed by atoms with E-state index >= 15 is 0 Å². The van der Waals surface area contributed by atoms with Gasteiger partial charge in [0.15, 0.2) is 11.6 Å². The van der Waals surface area contributed by atoms with Gasteiger partial charge >= 0.3 is 0 Å². The fourth-order valence-electron chi connectivity index (χ4n) is 3.19. The predicted molar refractivity (Wildman–Crippen MR) is 79.7 cm³/mol. The number of fused-ring (bicyclic) bond motifs is 1. The first-order valence-electron chi connectivity index (χ1n) is 7.62. The third kappa shape index (κ3) is 2.65. The van der Waals surface area contributed by atoms with Crippen molar-refractivity contribution in [1.29, 1.82) is 0 Å². The molecule has 0 spiro atoms. The van der Waals surface area contributed by atoms with Crippen LogP contribution >= 0.6 is 0 Å². The third-order valence-corrected chi connectivity index (χ3v) is 4.52. The molecule has 1 aromatic carbocycles. The van der Waals surface area contributed by atoms with Gasteiger partial charge in [0.05, 0.1) is 18.0 Å². The van der Waals surface area contributed by atoms with Crippen LogP contribution in [0, 0.1) is 11.6 Å². The molecule has 118 valence electrons. The van der Waals surface area contributed by atoms with E-state index < -0.39 is 11.6 Å². The molecular formula is C17H20F2N2O. The summed E-state index contributed by atoms with van der Waals surface area (Å²) in [7, 11) is 1.66. The molecule has 0 bridgehead atoms. The lowest BCUT2D eigenvalue weighted by Gasteiger charge is -2.20. The summed E-state index contributed by atoms with van der Waals surface area (Å²) < 4.78 is 35.1. The van der Waals surface area contributed by atoms with E-state index in [0.717, 1.165) is 36.8 Å². The van der Waals surface area contributed by atoms with Crippen LogP contribution in [0.5, 0.6) is 0 Å². The lowest BCUT2D eigenvalue weighted by atomic mass is 9.93. The number of nitrogens with zero attached hydrogens (tertiary/aromatic N) is 2. The van der Waals surface area contributed by atoms with Gasteiger partial charge in [0, 0.05) is 26.0 Å². The van der Waals surface area contributed by atoms with Gasteiger partial charge in [-0.15, -0.1) is 0 Å². The summed E-state index contributed by atoms with van der Waals surface area (Å²) in [4.78, 5) is 4.47. The van der Waals surface area contributed by atoms with E-state index in [-0.39, 0.29) is 12.0 Å². The molecule has 0 fully saturated rings. The highest BCUT2D eigenvalue weighted by Gasteiger charge is 2.25. The van der Waals surface area contributed by atoms with E-state index in [2.05, 4.69) is 9.55 Å². The largest absolute Gasteiger partial charge is 0.375 e. The summed E-state index contributed by atoms with van der Waals surface area (Å²) in [5.41, 5.74) is 1.44. The zero-order valence-corrected chi connectivity index (χ0v) is 12.9. The normalized spacial score (nSPS) is 19.5. The Morgan fingerprint density at radius 1 is 1.36 bits per heavy atom. The van der Waals surface area contributed by atoms with Crippen LogP contribution in [0.15, 0.2) is 24.4 Å². The van der Waals surface area contributed by atoms with E-state index in [1.807, 2.05) is 13.1 Å². The summed E-state index contributed by atoms with van der Waals surface area (Å²) in [6, 6.07) is 4.42. The van der Waals surface area contributed by atoms with Gasteiger partial charge in [0.2, 0.25) is 0 Å². The number of hydrogen-bond donors (Lipinski definition) is 0. The van der Waals surface area contributed by atoms with Crippen LogP contribution in [0.4, 0.5) is 8.78 Å². The molecule has 0 aliphatic carbocycles. The van der Waals surface area contributed by atoms with Crippen LogP contribution in [0.1, 0.15) is 48.9 Å². The second-order valence-corrected chi connectivity index (χ2v) is 5.82. The monoisotopic (exact) mass is 306 g/mol. The average Bonchev–Trinajstić information content (AvgIpc) is 2.79. The van der Waals surface area contributed by atoms with Gasteiger partial charge in [-0.2, -0.15) is 0 Å². The van der Waals surface area contributed by atoms with Gasteiger partial charge in [0.1, 0.15) is 5.82 Å². The van der Waals surface area contributed by atoms with Crippen molar-refractivity contribution in [3.8, 4) is 0 Å². The maximum atomic E-state index is 14.1. The van der Waals surface area contributed by atoms with Gasteiger partial charge in [-0.05, 0) is 31.4 Å². The van der Waals surface area contributed by atoms with Crippen molar-refractivity contribution in [1.82, 2.24) is 9.55 Å². The van der Waals surface area contributed by atoms with E-state index in [1.54, 1.807) is 19.2 Å². The number of benzene rings is 1. The number of ether oxygens (including phenoxy) is 1. The fourth-order valence-corrected chi connectivity index (χ4v) is 3.19. The molecule has 0 saturated carbocycles. The molecule has 0 amide bonds. The minimum atomic E-state index is -0.780. The minimum absolute atomic E-state index is 0.0473. The van der Waals surface area contributed by atoms with Crippen LogP contribution in [-0.2, 0) is 17.7 Å². The van der Waals surface area contributed by atoms with Crippen molar-refractivity contribution < 1.29 is 13.5 Å². The molecule has 1 aliphatic heterocycles. The van der Waals surface area contributed by atoms with Crippen molar-refractivity contribution in [2.24, 2.45) is 0 Å². The Bertz CT molecular complexity index is 669. The van der Waals surface area contributed by atoms with E-state index in [1.165, 1.54) is 0 Å². The highest BCUT2D eigenvalue weighted by atomic mass is 19.2. The van der Waals surface area contributed by atoms with Gasteiger partial charge in [-0.25, -0.2) is 13.8 Å². The van der Waals surface area contributed by atoms with E-state index in [4.69, 9.17) is 4.74 Å². The number of rotatable bonds is 3. The SMILES string of the molecule is COC(C)c1cnc2n1C[C@H](c1cccc(F)c1F)CCC2. The summed E-state index contributed by atoms with van der Waals surface area (Å²) >= 11 is 0. The molecular weight excluding hydrogens is 286 g/mol. The molecule has 2 atom stereocenters. The first-order chi connectivity index (χ1) is 10.6. The predicted octanol–water partition coefficient (Wildman–Crippen LogP) is 3.99. The number of hydrogen-bond acceptors (Lipinski definition) is 2. The van der Waals surface area contributed by atoms with Crippen molar-refractivity contribution in [2.45, 2.75) is 44.8 Å². The Kier molecular flexibility index (Phi) is 4.25. The molecule has 22 heavy (non-hydrogen) atoms.